The summed E-state index contributed by atoms with van der Waals surface area (Å²) in [7, 11) is -0.544. The fourth-order valence-electron chi connectivity index (χ4n) is 2.50. The van der Waals surface area contributed by atoms with Gasteiger partial charge in [0.25, 0.3) is 5.91 Å². The summed E-state index contributed by atoms with van der Waals surface area (Å²) in [6, 6.07) is 13.4. The van der Waals surface area contributed by atoms with Crippen LogP contribution >= 0.6 is 0 Å². The highest BCUT2D eigenvalue weighted by atomic mass is 32.2. The quantitative estimate of drug-likeness (QED) is 0.604. The minimum absolute atomic E-state index is 0.0918. The Morgan fingerprint density at radius 2 is 1.75 bits per heavy atom. The van der Waals surface area contributed by atoms with Crippen molar-refractivity contribution in [3.63, 3.8) is 0 Å². The molecule has 0 bridgehead atoms. The fraction of sp³-hybridized carbons (Fsp3) is 0.263. The lowest BCUT2D eigenvalue weighted by Gasteiger charge is -2.24. The van der Waals surface area contributed by atoms with Gasteiger partial charge in [0.15, 0.2) is 11.5 Å². The molecule has 0 aliphatic carbocycles. The summed E-state index contributed by atoms with van der Waals surface area (Å²) in [5, 5.41) is 4.07. The molecule has 8 nitrogen and oxygen atoms in total. The van der Waals surface area contributed by atoms with Gasteiger partial charge in [-0.05, 0) is 36.8 Å². The van der Waals surface area contributed by atoms with Crippen LogP contribution in [0.3, 0.4) is 0 Å². The van der Waals surface area contributed by atoms with Crippen LogP contribution in [0.1, 0.15) is 12.5 Å². The fourth-order valence-corrected chi connectivity index (χ4v) is 3.40. The van der Waals surface area contributed by atoms with Gasteiger partial charge in [0.2, 0.25) is 16.1 Å². The van der Waals surface area contributed by atoms with Gasteiger partial charge < -0.3 is 9.47 Å². The van der Waals surface area contributed by atoms with Crippen LogP contribution in [0, 0.1) is 0 Å². The van der Waals surface area contributed by atoms with E-state index in [0.717, 1.165) is 4.31 Å². The number of carbonyl (C=O) groups is 1. The first-order valence-corrected chi connectivity index (χ1v) is 9.98. The zero-order chi connectivity index (χ0) is 20.3. The Kier molecular flexibility index (Phi) is 5.66. The van der Waals surface area contributed by atoms with Crippen LogP contribution in [0.4, 0.5) is 0 Å². The molecule has 1 aliphatic rings. The maximum Gasteiger partial charge on any atom is 0.284 e. The van der Waals surface area contributed by atoms with E-state index in [4.69, 9.17) is 9.47 Å². The molecule has 0 aromatic heterocycles. The smallest absolute Gasteiger partial charge is 0.284 e. The van der Waals surface area contributed by atoms with Gasteiger partial charge >= 0.3 is 0 Å². The van der Waals surface area contributed by atoms with Crippen molar-refractivity contribution in [2.75, 3.05) is 20.7 Å². The van der Waals surface area contributed by atoms with Crippen LogP contribution in [0.5, 0.6) is 11.5 Å². The van der Waals surface area contributed by atoms with Gasteiger partial charge in [-0.1, -0.05) is 24.3 Å². The number of carbonyl (C=O) groups excluding carboxylic acids is 1. The lowest BCUT2D eigenvalue weighted by Crippen LogP contribution is -2.42. The van der Waals surface area contributed by atoms with Crippen LogP contribution in [0.25, 0.3) is 0 Å². The lowest BCUT2D eigenvalue weighted by molar-refractivity contribution is -0.130. The molecule has 1 aliphatic heterocycles. The van der Waals surface area contributed by atoms with Crippen molar-refractivity contribution in [2.24, 2.45) is 5.10 Å². The van der Waals surface area contributed by atoms with Crippen molar-refractivity contribution >= 4 is 21.6 Å². The number of rotatable bonds is 5. The van der Waals surface area contributed by atoms with Crippen molar-refractivity contribution in [1.82, 2.24) is 9.73 Å². The van der Waals surface area contributed by atoms with Crippen molar-refractivity contribution < 1.29 is 22.7 Å². The molecular formula is C19H21N3O5S. The van der Waals surface area contributed by atoms with Crippen LogP contribution in [0.15, 0.2) is 58.5 Å². The summed E-state index contributed by atoms with van der Waals surface area (Å²) < 4.78 is 36.5. The summed E-state index contributed by atoms with van der Waals surface area (Å²) in [5.41, 5.74) is 3.67. The van der Waals surface area contributed by atoms with Crippen molar-refractivity contribution in [3.05, 3.63) is 54.1 Å². The lowest BCUT2D eigenvalue weighted by atomic mass is 10.1. The Bertz CT molecular complexity index is 1000. The third-order valence-corrected chi connectivity index (χ3v) is 6.01. The summed E-state index contributed by atoms with van der Waals surface area (Å²) in [6.45, 7) is 1.80. The minimum atomic E-state index is -3.49. The summed E-state index contributed by atoms with van der Waals surface area (Å²) >= 11 is 0. The normalized spacial score (nSPS) is 16.7. The molecule has 0 saturated carbocycles. The van der Waals surface area contributed by atoms with E-state index in [-0.39, 0.29) is 11.5 Å². The highest BCUT2D eigenvalue weighted by Crippen LogP contribution is 2.30. The molecule has 1 heterocycles. The molecule has 1 amide bonds. The molecule has 9 heteroatoms. The number of hydrogen-bond acceptors (Lipinski definition) is 6. The molecule has 2 aromatic carbocycles. The monoisotopic (exact) mass is 403 g/mol. The Morgan fingerprint density at radius 3 is 2.39 bits per heavy atom. The van der Waals surface area contributed by atoms with E-state index >= 15 is 0 Å². The molecule has 1 N–H and O–H groups in total. The number of amides is 1. The molecule has 0 radical (unpaired) electrons. The number of nitrogens with zero attached hydrogens (tertiary/aromatic N) is 2. The zero-order valence-electron chi connectivity index (χ0n) is 15.7. The van der Waals surface area contributed by atoms with E-state index < -0.39 is 22.0 Å². The van der Waals surface area contributed by atoms with E-state index in [9.17, 15) is 13.2 Å². The number of ether oxygens (including phenoxy) is 2. The second kappa shape index (κ2) is 7.99. The number of hydrazone groups is 1. The number of fused-ring (bicyclic) bond motifs is 1. The highest BCUT2D eigenvalue weighted by molar-refractivity contribution is 7.89. The van der Waals surface area contributed by atoms with Crippen molar-refractivity contribution in [2.45, 2.75) is 17.9 Å². The Hall–Kier alpha value is -2.91. The topological polar surface area (TPSA) is 97.3 Å². The molecule has 28 heavy (non-hydrogen) atoms. The number of nitrogens with one attached hydrogen (secondary N) is 1. The van der Waals surface area contributed by atoms with Gasteiger partial charge in [-0.3, -0.25) is 4.79 Å². The van der Waals surface area contributed by atoms with Gasteiger partial charge in [0.05, 0.1) is 10.6 Å². The van der Waals surface area contributed by atoms with Crippen LogP contribution in [-0.4, -0.2) is 51.1 Å². The standard InChI is InChI=1S/C19H21N3O5S/c1-13(14-8-10-15(11-9-14)28(24,25)22(2)3)20-21-19(23)18-12-26-16-6-4-5-7-17(16)27-18/h4-11,18H,12H2,1-3H3,(H,21,23)/b20-13-/t18-/m0/s1. The zero-order valence-corrected chi connectivity index (χ0v) is 16.6. The van der Waals surface area contributed by atoms with E-state index in [2.05, 4.69) is 10.5 Å². The first-order chi connectivity index (χ1) is 13.3. The molecule has 148 valence electrons. The molecule has 0 saturated heterocycles. The maximum atomic E-state index is 12.3. The predicted molar refractivity (Wildman–Crippen MR) is 104 cm³/mol. The first kappa shape index (κ1) is 19.8. The molecule has 0 fully saturated rings. The molecule has 1 atom stereocenters. The van der Waals surface area contributed by atoms with Crippen LogP contribution in [-0.2, 0) is 14.8 Å². The SMILES string of the molecule is C/C(=N/NC(=O)[C@@H]1COc2ccccc2O1)c1ccc(S(=O)(=O)N(C)C)cc1. The third kappa shape index (κ3) is 4.15. The van der Waals surface area contributed by atoms with Gasteiger partial charge in [-0.2, -0.15) is 5.10 Å². The van der Waals surface area contributed by atoms with Gasteiger partial charge in [0, 0.05) is 14.1 Å². The molecule has 0 spiro atoms. The van der Waals surface area contributed by atoms with E-state index in [1.54, 1.807) is 37.3 Å². The van der Waals surface area contributed by atoms with Crippen molar-refractivity contribution in [3.8, 4) is 11.5 Å². The van der Waals surface area contributed by atoms with E-state index in [1.165, 1.54) is 26.2 Å². The van der Waals surface area contributed by atoms with Gasteiger partial charge in [-0.25, -0.2) is 18.1 Å². The summed E-state index contributed by atoms with van der Waals surface area (Å²) in [5.74, 6) is 0.673. The molecule has 2 aromatic rings. The molecular weight excluding hydrogens is 382 g/mol. The largest absolute Gasteiger partial charge is 0.485 e. The Balaban J connectivity index is 1.65. The second-order valence-corrected chi connectivity index (χ2v) is 8.50. The highest BCUT2D eigenvalue weighted by Gasteiger charge is 2.27. The number of hydrogen-bond donors (Lipinski definition) is 1. The van der Waals surface area contributed by atoms with Crippen LogP contribution < -0.4 is 14.9 Å². The van der Waals surface area contributed by atoms with E-state index in [0.29, 0.717) is 22.8 Å². The maximum absolute atomic E-state index is 12.3. The predicted octanol–water partition coefficient (Wildman–Crippen LogP) is 1.62. The second-order valence-electron chi connectivity index (χ2n) is 6.35. The van der Waals surface area contributed by atoms with Gasteiger partial charge in [-0.15, -0.1) is 0 Å². The molecule has 3 rings (SSSR count). The number of benzene rings is 2. The summed E-state index contributed by atoms with van der Waals surface area (Å²) in [4.78, 5) is 12.5. The Morgan fingerprint density at radius 1 is 1.11 bits per heavy atom. The first-order valence-electron chi connectivity index (χ1n) is 8.54. The van der Waals surface area contributed by atoms with Crippen molar-refractivity contribution in [1.29, 1.82) is 0 Å². The average Bonchev–Trinajstić information content (AvgIpc) is 2.71. The molecule has 0 unspecified atom stereocenters. The van der Waals surface area contributed by atoms with Gasteiger partial charge in [0.1, 0.15) is 6.61 Å². The minimum Gasteiger partial charge on any atom is -0.485 e. The Labute approximate surface area is 163 Å². The van der Waals surface area contributed by atoms with Crippen LogP contribution in [0.2, 0.25) is 0 Å². The van der Waals surface area contributed by atoms with E-state index in [1.807, 2.05) is 6.07 Å². The third-order valence-electron chi connectivity index (χ3n) is 4.19. The average molecular weight is 403 g/mol. The number of sulfonamides is 1. The number of para-hydroxylation sites is 2. The summed E-state index contributed by atoms with van der Waals surface area (Å²) in [6.07, 6.45) is -0.806.